The molecule has 2 N–H and O–H groups in total. The second-order valence-corrected chi connectivity index (χ2v) is 7.75. The molecule has 0 aliphatic rings. The van der Waals surface area contributed by atoms with Gasteiger partial charge in [-0.15, -0.1) is 0 Å². The Balaban J connectivity index is 1.39. The molecule has 0 saturated carbocycles. The summed E-state index contributed by atoms with van der Waals surface area (Å²) < 4.78 is 15.3. The molecule has 0 unspecified atom stereocenters. The molecule has 0 atom stereocenters. The van der Waals surface area contributed by atoms with Crippen molar-refractivity contribution in [1.29, 1.82) is 0 Å². The van der Waals surface area contributed by atoms with Crippen molar-refractivity contribution in [1.82, 2.24) is 9.47 Å². The molecule has 2 amide bonds. The van der Waals surface area contributed by atoms with E-state index in [1.54, 1.807) is 12.1 Å². The van der Waals surface area contributed by atoms with Crippen LogP contribution >= 0.6 is 0 Å². The van der Waals surface area contributed by atoms with Crippen LogP contribution in [-0.4, -0.2) is 36.1 Å². The molecule has 0 aliphatic heterocycles. The first kappa shape index (κ1) is 20.6. The van der Waals surface area contributed by atoms with Crippen LogP contribution in [-0.2, 0) is 6.54 Å². The van der Waals surface area contributed by atoms with Crippen LogP contribution in [0.15, 0.2) is 79.0 Å². The molecule has 0 bridgehead atoms. The van der Waals surface area contributed by atoms with Gasteiger partial charge in [-0.25, -0.2) is 9.18 Å². The summed E-state index contributed by atoms with van der Waals surface area (Å²) in [4.78, 5) is 14.6. The minimum Gasteiger partial charge on any atom is -0.346 e. The van der Waals surface area contributed by atoms with Crippen LogP contribution in [0.1, 0.15) is 0 Å². The van der Waals surface area contributed by atoms with Gasteiger partial charge in [0.25, 0.3) is 0 Å². The molecular weight excluding hydrogens is 391 g/mol. The SMILES string of the molecule is CN(C)CCn1ccc2cc(NC(=O)Nc3ccc(-c4ccc(F)cc4)cc3)ccc21. The summed E-state index contributed by atoms with van der Waals surface area (Å²) in [5.41, 5.74) is 4.43. The molecule has 31 heavy (non-hydrogen) atoms. The van der Waals surface area contributed by atoms with Crippen LogP contribution < -0.4 is 10.6 Å². The van der Waals surface area contributed by atoms with Crippen LogP contribution in [0.5, 0.6) is 0 Å². The van der Waals surface area contributed by atoms with Gasteiger partial charge in [-0.05, 0) is 73.8 Å². The molecule has 4 aromatic rings. The van der Waals surface area contributed by atoms with Crippen LogP contribution in [0.3, 0.4) is 0 Å². The molecule has 158 valence electrons. The lowest BCUT2D eigenvalue weighted by molar-refractivity contribution is 0.262. The smallest absolute Gasteiger partial charge is 0.323 e. The van der Waals surface area contributed by atoms with E-state index in [9.17, 15) is 9.18 Å². The maximum atomic E-state index is 13.1. The highest BCUT2D eigenvalue weighted by Crippen LogP contribution is 2.23. The monoisotopic (exact) mass is 416 g/mol. The lowest BCUT2D eigenvalue weighted by atomic mass is 10.1. The molecule has 0 fully saturated rings. The Morgan fingerprint density at radius 1 is 0.871 bits per heavy atom. The predicted octanol–water partition coefficient (Wildman–Crippen LogP) is 5.65. The fourth-order valence-corrected chi connectivity index (χ4v) is 3.46. The number of nitrogens with one attached hydrogen (secondary N) is 2. The van der Waals surface area contributed by atoms with E-state index in [-0.39, 0.29) is 11.8 Å². The standard InChI is InChI=1S/C25H25FN4O/c1-29(2)15-16-30-14-13-20-17-23(11-12-24(20)30)28-25(31)27-22-9-5-19(6-10-22)18-3-7-21(26)8-4-18/h3-14,17H,15-16H2,1-2H3,(H2,27,28,31). The van der Waals surface area contributed by atoms with Gasteiger partial charge in [0.05, 0.1) is 0 Å². The van der Waals surface area contributed by atoms with Gasteiger partial charge < -0.3 is 20.1 Å². The van der Waals surface area contributed by atoms with Crippen molar-refractivity contribution in [2.24, 2.45) is 0 Å². The first-order valence-corrected chi connectivity index (χ1v) is 10.2. The zero-order chi connectivity index (χ0) is 21.8. The van der Waals surface area contributed by atoms with Gasteiger partial charge >= 0.3 is 6.03 Å². The zero-order valence-electron chi connectivity index (χ0n) is 17.6. The molecule has 3 aromatic carbocycles. The molecule has 1 aromatic heterocycles. The number of carbonyl (C=O) groups excluding carboxylic acids is 1. The summed E-state index contributed by atoms with van der Waals surface area (Å²) in [5, 5.41) is 6.81. The molecule has 0 saturated heterocycles. The number of amides is 2. The molecule has 0 aliphatic carbocycles. The van der Waals surface area contributed by atoms with E-state index in [1.807, 2.05) is 42.5 Å². The number of anilines is 2. The third-order valence-electron chi connectivity index (χ3n) is 5.14. The molecule has 0 radical (unpaired) electrons. The fraction of sp³-hybridized carbons (Fsp3) is 0.160. The highest BCUT2D eigenvalue weighted by atomic mass is 19.1. The van der Waals surface area contributed by atoms with Crippen LogP contribution in [0.4, 0.5) is 20.6 Å². The average Bonchev–Trinajstić information content (AvgIpc) is 3.15. The van der Waals surface area contributed by atoms with Crippen molar-refractivity contribution in [3.63, 3.8) is 0 Å². The maximum Gasteiger partial charge on any atom is 0.323 e. The normalized spacial score (nSPS) is 11.1. The van der Waals surface area contributed by atoms with Crippen molar-refractivity contribution in [2.75, 3.05) is 31.3 Å². The third kappa shape index (κ3) is 5.10. The number of carbonyl (C=O) groups is 1. The summed E-state index contributed by atoms with van der Waals surface area (Å²) in [7, 11) is 4.12. The van der Waals surface area contributed by atoms with Gasteiger partial charge in [0.1, 0.15) is 5.82 Å². The topological polar surface area (TPSA) is 49.3 Å². The number of halogens is 1. The van der Waals surface area contributed by atoms with Crippen LogP contribution in [0, 0.1) is 5.82 Å². The van der Waals surface area contributed by atoms with E-state index >= 15 is 0 Å². The minimum absolute atomic E-state index is 0.262. The van der Waals surface area contributed by atoms with Crippen molar-refractivity contribution in [2.45, 2.75) is 6.54 Å². The number of benzene rings is 3. The van der Waals surface area contributed by atoms with Crippen LogP contribution in [0.25, 0.3) is 22.0 Å². The zero-order valence-corrected chi connectivity index (χ0v) is 17.6. The number of aromatic nitrogens is 1. The lowest BCUT2D eigenvalue weighted by Crippen LogP contribution is -2.19. The van der Waals surface area contributed by atoms with E-state index in [0.717, 1.165) is 40.8 Å². The Hall–Kier alpha value is -3.64. The highest BCUT2D eigenvalue weighted by Gasteiger charge is 2.07. The summed E-state index contributed by atoms with van der Waals surface area (Å²) in [6, 6.07) is 21.4. The predicted molar refractivity (Wildman–Crippen MR) is 125 cm³/mol. The number of urea groups is 1. The Morgan fingerprint density at radius 2 is 1.48 bits per heavy atom. The van der Waals surface area contributed by atoms with Crippen molar-refractivity contribution in [3.8, 4) is 11.1 Å². The highest BCUT2D eigenvalue weighted by molar-refractivity contribution is 6.01. The molecular formula is C25H25FN4O. The number of nitrogens with zero attached hydrogens (tertiary/aromatic N) is 2. The van der Waals surface area contributed by atoms with Crippen molar-refractivity contribution < 1.29 is 9.18 Å². The van der Waals surface area contributed by atoms with E-state index in [4.69, 9.17) is 0 Å². The Kier molecular flexibility index (Phi) is 6.00. The van der Waals surface area contributed by atoms with Gasteiger partial charge in [0.15, 0.2) is 0 Å². The first-order chi connectivity index (χ1) is 15.0. The average molecular weight is 417 g/mol. The second kappa shape index (κ2) is 9.02. The molecule has 4 rings (SSSR count). The molecule has 1 heterocycles. The van der Waals surface area contributed by atoms with Gasteiger partial charge in [-0.1, -0.05) is 24.3 Å². The van der Waals surface area contributed by atoms with Gasteiger partial charge in [0.2, 0.25) is 0 Å². The van der Waals surface area contributed by atoms with Gasteiger partial charge in [0, 0.05) is 41.6 Å². The third-order valence-corrected chi connectivity index (χ3v) is 5.14. The first-order valence-electron chi connectivity index (χ1n) is 10.2. The number of rotatable bonds is 6. The maximum absolute atomic E-state index is 13.1. The summed E-state index contributed by atoms with van der Waals surface area (Å²) in [5.74, 6) is -0.262. The van der Waals surface area contributed by atoms with Gasteiger partial charge in [-0.2, -0.15) is 0 Å². The Labute approximate surface area is 181 Å². The Bertz CT molecular complexity index is 1180. The van der Waals surface area contributed by atoms with Gasteiger partial charge in [-0.3, -0.25) is 0 Å². The summed E-state index contributed by atoms with van der Waals surface area (Å²) >= 11 is 0. The van der Waals surface area contributed by atoms with E-state index in [2.05, 4.69) is 46.5 Å². The minimum atomic E-state index is -0.305. The molecule has 0 spiro atoms. The van der Waals surface area contributed by atoms with Crippen LogP contribution in [0.2, 0.25) is 0 Å². The summed E-state index contributed by atoms with van der Waals surface area (Å²) in [6.07, 6.45) is 2.07. The fourth-order valence-electron chi connectivity index (χ4n) is 3.46. The number of fused-ring (bicyclic) bond motifs is 1. The Morgan fingerprint density at radius 3 is 2.16 bits per heavy atom. The van der Waals surface area contributed by atoms with E-state index in [0.29, 0.717) is 5.69 Å². The van der Waals surface area contributed by atoms with E-state index in [1.165, 1.54) is 12.1 Å². The number of hydrogen-bond donors (Lipinski definition) is 2. The summed E-state index contributed by atoms with van der Waals surface area (Å²) in [6.45, 7) is 1.88. The number of hydrogen-bond acceptors (Lipinski definition) is 2. The number of likely N-dealkylation sites (N-methyl/N-ethyl adjacent to an activating group) is 1. The quantitative estimate of drug-likeness (QED) is 0.427. The van der Waals surface area contributed by atoms with E-state index < -0.39 is 0 Å². The van der Waals surface area contributed by atoms with Crippen molar-refractivity contribution >= 4 is 28.3 Å². The van der Waals surface area contributed by atoms with Crippen molar-refractivity contribution in [3.05, 3.63) is 84.8 Å². The second-order valence-electron chi connectivity index (χ2n) is 7.75. The lowest BCUT2D eigenvalue weighted by Gasteiger charge is -2.12. The molecule has 6 heteroatoms. The largest absolute Gasteiger partial charge is 0.346 e. The molecule has 5 nitrogen and oxygen atoms in total.